The third-order valence-corrected chi connectivity index (χ3v) is 4.22. The van der Waals surface area contributed by atoms with Crippen molar-refractivity contribution in [2.24, 2.45) is 0 Å². The van der Waals surface area contributed by atoms with Crippen LogP contribution in [0.2, 0.25) is 0 Å². The molecule has 0 fully saturated rings. The molecule has 0 bridgehead atoms. The first-order valence-corrected chi connectivity index (χ1v) is 8.36. The van der Waals surface area contributed by atoms with E-state index in [2.05, 4.69) is 21.2 Å². The van der Waals surface area contributed by atoms with Gasteiger partial charge in [0, 0.05) is 0 Å². The summed E-state index contributed by atoms with van der Waals surface area (Å²) in [6.45, 7) is 3.31. The van der Waals surface area contributed by atoms with Gasteiger partial charge in [-0.1, -0.05) is 6.07 Å². The number of hydrogen-bond donors (Lipinski definition) is 1. The van der Waals surface area contributed by atoms with Crippen LogP contribution in [-0.2, 0) is 4.79 Å². The van der Waals surface area contributed by atoms with Gasteiger partial charge in [0.2, 0.25) is 0 Å². The standard InChI is InChI=1S/C18H18BrF2NO3/c1-10(12-4-6-17(24-3)15(21)8-12)22-18(23)11(2)25-16-7-5-13(20)9-14(16)19/h4-11H,1-3H3,(H,22,23)/t10-,11+/m0/s1. The third kappa shape index (κ3) is 4.92. The average Bonchev–Trinajstić information content (AvgIpc) is 2.57. The Balaban J connectivity index is 2.01. The van der Waals surface area contributed by atoms with Gasteiger partial charge < -0.3 is 14.8 Å². The number of carbonyl (C=O) groups is 1. The minimum absolute atomic E-state index is 0.139. The smallest absolute Gasteiger partial charge is 0.261 e. The number of nitrogens with one attached hydrogen (secondary N) is 1. The quantitative estimate of drug-likeness (QED) is 0.764. The Hall–Kier alpha value is -2.15. The van der Waals surface area contributed by atoms with Crippen molar-refractivity contribution in [3.8, 4) is 11.5 Å². The van der Waals surface area contributed by atoms with Crippen LogP contribution in [0.3, 0.4) is 0 Å². The molecule has 0 aliphatic rings. The highest BCUT2D eigenvalue weighted by atomic mass is 79.9. The van der Waals surface area contributed by atoms with Crippen molar-refractivity contribution in [3.63, 3.8) is 0 Å². The monoisotopic (exact) mass is 413 g/mol. The van der Waals surface area contributed by atoms with Crippen molar-refractivity contribution in [2.75, 3.05) is 7.11 Å². The summed E-state index contributed by atoms with van der Waals surface area (Å²) < 4.78 is 37.7. The van der Waals surface area contributed by atoms with Crippen molar-refractivity contribution in [1.82, 2.24) is 5.32 Å². The number of rotatable bonds is 6. The number of amides is 1. The molecule has 7 heteroatoms. The topological polar surface area (TPSA) is 47.6 Å². The van der Waals surface area contributed by atoms with Gasteiger partial charge in [0.05, 0.1) is 17.6 Å². The lowest BCUT2D eigenvalue weighted by molar-refractivity contribution is -0.127. The lowest BCUT2D eigenvalue weighted by atomic mass is 10.1. The second kappa shape index (κ2) is 8.29. The number of benzene rings is 2. The zero-order chi connectivity index (χ0) is 18.6. The maximum atomic E-state index is 13.8. The van der Waals surface area contributed by atoms with Gasteiger partial charge in [-0.05, 0) is 65.7 Å². The predicted octanol–water partition coefficient (Wildman–Crippen LogP) is 4.38. The van der Waals surface area contributed by atoms with Crippen molar-refractivity contribution in [2.45, 2.75) is 26.0 Å². The van der Waals surface area contributed by atoms with Gasteiger partial charge in [-0.15, -0.1) is 0 Å². The van der Waals surface area contributed by atoms with E-state index in [1.807, 2.05) is 0 Å². The molecule has 0 radical (unpaired) electrons. The van der Waals surface area contributed by atoms with Crippen LogP contribution in [0.25, 0.3) is 0 Å². The Morgan fingerprint density at radius 1 is 1.12 bits per heavy atom. The van der Waals surface area contributed by atoms with Crippen LogP contribution in [-0.4, -0.2) is 19.1 Å². The zero-order valence-corrected chi connectivity index (χ0v) is 15.6. The molecule has 0 saturated heterocycles. The van der Waals surface area contributed by atoms with Gasteiger partial charge in [0.15, 0.2) is 17.7 Å². The summed E-state index contributed by atoms with van der Waals surface area (Å²) in [5, 5.41) is 2.75. The summed E-state index contributed by atoms with van der Waals surface area (Å²) in [6, 6.07) is 8.00. The molecule has 2 aromatic rings. The number of methoxy groups -OCH3 is 1. The largest absolute Gasteiger partial charge is 0.494 e. The molecule has 25 heavy (non-hydrogen) atoms. The summed E-state index contributed by atoms with van der Waals surface area (Å²) in [5.74, 6) is -0.792. The molecule has 1 amide bonds. The SMILES string of the molecule is COc1ccc([C@H](C)NC(=O)[C@@H](C)Oc2ccc(F)cc2Br)cc1F. The summed E-state index contributed by atoms with van der Waals surface area (Å²) in [4.78, 5) is 12.3. The van der Waals surface area contributed by atoms with Crippen molar-refractivity contribution in [1.29, 1.82) is 0 Å². The average molecular weight is 414 g/mol. The van der Waals surface area contributed by atoms with E-state index in [4.69, 9.17) is 9.47 Å². The van der Waals surface area contributed by atoms with E-state index in [1.165, 1.54) is 37.4 Å². The third-order valence-electron chi connectivity index (χ3n) is 3.60. The fraction of sp³-hybridized carbons (Fsp3) is 0.278. The van der Waals surface area contributed by atoms with Crippen LogP contribution in [0, 0.1) is 11.6 Å². The molecule has 0 saturated carbocycles. The highest BCUT2D eigenvalue weighted by Crippen LogP contribution is 2.27. The molecule has 134 valence electrons. The van der Waals surface area contributed by atoms with E-state index in [0.29, 0.717) is 15.8 Å². The number of carbonyl (C=O) groups excluding carboxylic acids is 1. The van der Waals surface area contributed by atoms with Crippen LogP contribution >= 0.6 is 15.9 Å². The molecule has 0 aliphatic heterocycles. The molecule has 0 unspecified atom stereocenters. The highest BCUT2D eigenvalue weighted by Gasteiger charge is 2.19. The van der Waals surface area contributed by atoms with E-state index < -0.39 is 23.8 Å². The van der Waals surface area contributed by atoms with Crippen molar-refractivity contribution in [3.05, 3.63) is 58.1 Å². The molecule has 4 nitrogen and oxygen atoms in total. The summed E-state index contributed by atoms with van der Waals surface area (Å²) in [6.07, 6.45) is -0.813. The maximum Gasteiger partial charge on any atom is 0.261 e. The Labute approximate surface area is 153 Å². The second-order valence-electron chi connectivity index (χ2n) is 5.46. The first-order chi connectivity index (χ1) is 11.8. The van der Waals surface area contributed by atoms with Crippen LogP contribution in [0.5, 0.6) is 11.5 Å². The van der Waals surface area contributed by atoms with Crippen LogP contribution in [0.4, 0.5) is 8.78 Å². The Kier molecular flexibility index (Phi) is 6.36. The van der Waals surface area contributed by atoms with Gasteiger partial charge in [0.25, 0.3) is 5.91 Å². The van der Waals surface area contributed by atoms with E-state index in [9.17, 15) is 13.6 Å². The van der Waals surface area contributed by atoms with Gasteiger partial charge in [0.1, 0.15) is 11.6 Å². The summed E-state index contributed by atoms with van der Waals surface area (Å²) in [7, 11) is 1.38. The normalized spacial score (nSPS) is 13.0. The molecule has 2 aromatic carbocycles. The second-order valence-corrected chi connectivity index (χ2v) is 6.31. The molecule has 0 spiro atoms. The molecular formula is C18H18BrF2NO3. The Bertz CT molecular complexity index is 770. The zero-order valence-electron chi connectivity index (χ0n) is 14.0. The Morgan fingerprint density at radius 3 is 2.40 bits per heavy atom. The molecular weight excluding hydrogens is 396 g/mol. The molecule has 0 aromatic heterocycles. The van der Waals surface area contributed by atoms with E-state index in [1.54, 1.807) is 19.9 Å². The lowest BCUT2D eigenvalue weighted by Gasteiger charge is -2.20. The number of halogens is 3. The van der Waals surface area contributed by atoms with Crippen LogP contribution in [0.1, 0.15) is 25.5 Å². The summed E-state index contributed by atoms with van der Waals surface area (Å²) >= 11 is 3.18. The molecule has 2 atom stereocenters. The van der Waals surface area contributed by atoms with E-state index in [0.717, 1.165) is 0 Å². The highest BCUT2D eigenvalue weighted by molar-refractivity contribution is 9.10. The van der Waals surface area contributed by atoms with E-state index in [-0.39, 0.29) is 11.7 Å². The van der Waals surface area contributed by atoms with Gasteiger partial charge in [-0.2, -0.15) is 0 Å². The molecule has 0 aliphatic carbocycles. The van der Waals surface area contributed by atoms with Crippen LogP contribution < -0.4 is 14.8 Å². The van der Waals surface area contributed by atoms with E-state index >= 15 is 0 Å². The molecule has 1 N–H and O–H groups in total. The van der Waals surface area contributed by atoms with Gasteiger partial charge >= 0.3 is 0 Å². The first kappa shape index (κ1) is 19.2. The molecule has 2 rings (SSSR count). The number of ether oxygens (including phenoxy) is 2. The summed E-state index contributed by atoms with van der Waals surface area (Å²) in [5.41, 5.74) is 0.599. The fourth-order valence-electron chi connectivity index (χ4n) is 2.18. The Morgan fingerprint density at radius 2 is 1.80 bits per heavy atom. The first-order valence-electron chi connectivity index (χ1n) is 7.57. The van der Waals surface area contributed by atoms with Crippen molar-refractivity contribution < 1.29 is 23.0 Å². The minimum Gasteiger partial charge on any atom is -0.494 e. The maximum absolute atomic E-state index is 13.8. The minimum atomic E-state index is -0.813. The lowest BCUT2D eigenvalue weighted by Crippen LogP contribution is -2.37. The molecule has 0 heterocycles. The number of hydrogen-bond acceptors (Lipinski definition) is 3. The van der Waals surface area contributed by atoms with Crippen molar-refractivity contribution >= 4 is 21.8 Å². The van der Waals surface area contributed by atoms with Gasteiger partial charge in [-0.25, -0.2) is 8.78 Å². The van der Waals surface area contributed by atoms with Crippen LogP contribution in [0.15, 0.2) is 40.9 Å². The fourth-order valence-corrected chi connectivity index (χ4v) is 2.63. The predicted molar refractivity (Wildman–Crippen MR) is 93.7 cm³/mol. The van der Waals surface area contributed by atoms with Gasteiger partial charge in [-0.3, -0.25) is 4.79 Å².